The first kappa shape index (κ1) is 12.8. The average Bonchev–Trinajstić information content (AvgIpc) is 1.95. The molecule has 0 aliphatic heterocycles. The number of rotatable bonds is 7. The molecule has 0 saturated heterocycles. The lowest BCUT2D eigenvalue weighted by molar-refractivity contribution is 0.0340. The van der Waals surface area contributed by atoms with Gasteiger partial charge in [-0.3, -0.25) is 0 Å². The molecule has 0 radical (unpaired) electrons. The highest BCUT2D eigenvalue weighted by Gasteiger charge is 2.20. The van der Waals surface area contributed by atoms with Gasteiger partial charge in [0.15, 0.2) is 0 Å². The molecule has 0 aliphatic rings. The summed E-state index contributed by atoms with van der Waals surface area (Å²) in [7, 11) is 3.91. The van der Waals surface area contributed by atoms with Gasteiger partial charge in [-0.25, -0.2) is 0 Å². The van der Waals surface area contributed by atoms with Gasteiger partial charge in [0.25, 0.3) is 0 Å². The molecular weight excluding hydrogens is 166 g/mol. The molecule has 0 bridgehead atoms. The monoisotopic (exact) mass is 189 g/mol. The predicted octanol–water partition coefficient (Wildman–Crippen LogP) is -0.763. The lowest BCUT2D eigenvalue weighted by Gasteiger charge is -2.27. The van der Waals surface area contributed by atoms with E-state index in [9.17, 15) is 5.11 Å². The highest BCUT2D eigenvalue weighted by Crippen LogP contribution is 2.01. The van der Waals surface area contributed by atoms with Gasteiger partial charge in [-0.2, -0.15) is 0 Å². The van der Waals surface area contributed by atoms with Crippen LogP contribution in [0.3, 0.4) is 0 Å². The molecule has 0 aliphatic carbocycles. The van der Waals surface area contributed by atoms with Gasteiger partial charge < -0.3 is 21.1 Å². The maximum atomic E-state index is 9.85. The van der Waals surface area contributed by atoms with Crippen LogP contribution in [0.2, 0.25) is 0 Å². The van der Waals surface area contributed by atoms with Crippen LogP contribution in [0.25, 0.3) is 0 Å². The Morgan fingerprint density at radius 3 is 2.54 bits per heavy atom. The summed E-state index contributed by atoms with van der Waals surface area (Å²) < 4.78 is 0. The Morgan fingerprint density at radius 2 is 2.08 bits per heavy atom. The van der Waals surface area contributed by atoms with E-state index in [1.165, 1.54) is 0 Å². The SMILES string of the molecule is CN(C)CC(C)(O)CNCCCN. The summed E-state index contributed by atoms with van der Waals surface area (Å²) in [6, 6.07) is 0. The molecule has 0 rings (SSSR count). The molecule has 0 amide bonds. The first-order valence-corrected chi connectivity index (χ1v) is 4.76. The van der Waals surface area contributed by atoms with Crippen LogP contribution in [0, 0.1) is 0 Å². The Kier molecular flexibility index (Phi) is 6.24. The second-order valence-corrected chi connectivity index (χ2v) is 4.05. The minimum absolute atomic E-state index is 0.616. The van der Waals surface area contributed by atoms with Gasteiger partial charge in [-0.1, -0.05) is 0 Å². The zero-order chi connectivity index (χ0) is 10.3. The van der Waals surface area contributed by atoms with Crippen LogP contribution < -0.4 is 11.1 Å². The Labute approximate surface area is 81.1 Å². The normalized spacial score (nSPS) is 16.2. The zero-order valence-electron chi connectivity index (χ0n) is 9.01. The summed E-state index contributed by atoms with van der Waals surface area (Å²) in [6.45, 7) is 4.69. The number of hydrogen-bond donors (Lipinski definition) is 3. The van der Waals surface area contributed by atoms with E-state index in [1.54, 1.807) is 0 Å². The molecule has 0 spiro atoms. The lowest BCUT2D eigenvalue weighted by atomic mass is 10.1. The molecule has 0 aromatic rings. The van der Waals surface area contributed by atoms with Gasteiger partial charge in [0.05, 0.1) is 5.60 Å². The van der Waals surface area contributed by atoms with Gasteiger partial charge in [-0.05, 0) is 40.5 Å². The second kappa shape index (κ2) is 6.32. The summed E-state index contributed by atoms with van der Waals surface area (Å²) in [5.41, 5.74) is 4.69. The van der Waals surface area contributed by atoms with Crippen molar-refractivity contribution in [3.8, 4) is 0 Å². The van der Waals surface area contributed by atoms with E-state index in [0.29, 0.717) is 19.6 Å². The number of hydrogen-bond acceptors (Lipinski definition) is 4. The molecule has 0 aromatic carbocycles. The van der Waals surface area contributed by atoms with Crippen molar-refractivity contribution in [3.63, 3.8) is 0 Å². The predicted molar refractivity (Wildman–Crippen MR) is 55.7 cm³/mol. The smallest absolute Gasteiger partial charge is 0.0869 e. The van der Waals surface area contributed by atoms with E-state index in [0.717, 1.165) is 13.0 Å². The quantitative estimate of drug-likeness (QED) is 0.461. The van der Waals surface area contributed by atoms with Crippen molar-refractivity contribution in [2.24, 2.45) is 5.73 Å². The number of nitrogens with two attached hydrogens (primary N) is 1. The molecule has 0 saturated carbocycles. The maximum absolute atomic E-state index is 9.85. The molecule has 0 aromatic heterocycles. The molecule has 13 heavy (non-hydrogen) atoms. The summed E-state index contributed by atoms with van der Waals surface area (Å²) in [5.74, 6) is 0. The van der Waals surface area contributed by atoms with E-state index >= 15 is 0 Å². The van der Waals surface area contributed by atoms with Crippen molar-refractivity contribution < 1.29 is 5.11 Å². The Hall–Kier alpha value is -0.160. The van der Waals surface area contributed by atoms with Crippen LogP contribution in [0.1, 0.15) is 13.3 Å². The number of likely N-dealkylation sites (N-methyl/N-ethyl adjacent to an activating group) is 1. The topological polar surface area (TPSA) is 61.5 Å². The van der Waals surface area contributed by atoms with E-state index in [2.05, 4.69) is 5.32 Å². The minimum Gasteiger partial charge on any atom is -0.388 e. The molecule has 0 fully saturated rings. The van der Waals surface area contributed by atoms with Crippen LogP contribution >= 0.6 is 0 Å². The summed E-state index contributed by atoms with van der Waals surface area (Å²) >= 11 is 0. The van der Waals surface area contributed by atoms with Crippen molar-refractivity contribution in [3.05, 3.63) is 0 Å². The number of nitrogens with zero attached hydrogens (tertiary/aromatic N) is 1. The fourth-order valence-corrected chi connectivity index (χ4v) is 1.32. The Bertz CT molecular complexity index is 126. The van der Waals surface area contributed by atoms with E-state index in [-0.39, 0.29) is 0 Å². The Balaban J connectivity index is 3.50. The highest BCUT2D eigenvalue weighted by atomic mass is 16.3. The third-order valence-corrected chi connectivity index (χ3v) is 1.72. The maximum Gasteiger partial charge on any atom is 0.0869 e. The van der Waals surface area contributed by atoms with E-state index in [4.69, 9.17) is 5.73 Å². The van der Waals surface area contributed by atoms with Gasteiger partial charge >= 0.3 is 0 Å². The van der Waals surface area contributed by atoms with Crippen LogP contribution in [0.4, 0.5) is 0 Å². The fraction of sp³-hybridized carbons (Fsp3) is 1.00. The van der Waals surface area contributed by atoms with Crippen LogP contribution in [0.15, 0.2) is 0 Å². The fourth-order valence-electron chi connectivity index (χ4n) is 1.32. The van der Waals surface area contributed by atoms with Gasteiger partial charge in [-0.15, -0.1) is 0 Å². The van der Waals surface area contributed by atoms with Crippen LogP contribution in [0.5, 0.6) is 0 Å². The Morgan fingerprint density at radius 1 is 1.46 bits per heavy atom. The van der Waals surface area contributed by atoms with Crippen molar-refractivity contribution in [1.29, 1.82) is 0 Å². The standard InChI is InChI=1S/C9H23N3O/c1-9(13,8-12(2)3)7-11-6-4-5-10/h11,13H,4-8,10H2,1-3H3. The summed E-state index contributed by atoms with van der Waals surface area (Å²) in [4.78, 5) is 1.98. The number of nitrogens with one attached hydrogen (secondary N) is 1. The second-order valence-electron chi connectivity index (χ2n) is 4.05. The van der Waals surface area contributed by atoms with Crippen LogP contribution in [-0.4, -0.2) is 55.9 Å². The molecule has 0 heterocycles. The van der Waals surface area contributed by atoms with Crippen LogP contribution in [-0.2, 0) is 0 Å². The lowest BCUT2D eigenvalue weighted by Crippen LogP contribution is -2.45. The zero-order valence-corrected chi connectivity index (χ0v) is 9.01. The molecule has 4 heteroatoms. The first-order chi connectivity index (χ1) is 5.98. The van der Waals surface area contributed by atoms with Crippen molar-refractivity contribution in [2.75, 3.05) is 40.3 Å². The van der Waals surface area contributed by atoms with Gasteiger partial charge in [0.1, 0.15) is 0 Å². The molecule has 4 nitrogen and oxygen atoms in total. The van der Waals surface area contributed by atoms with Gasteiger partial charge in [0.2, 0.25) is 0 Å². The molecular formula is C9H23N3O. The van der Waals surface area contributed by atoms with E-state index in [1.807, 2.05) is 25.9 Å². The van der Waals surface area contributed by atoms with Crippen molar-refractivity contribution >= 4 is 0 Å². The molecule has 1 atom stereocenters. The third-order valence-electron chi connectivity index (χ3n) is 1.72. The molecule has 4 N–H and O–H groups in total. The minimum atomic E-state index is -0.655. The van der Waals surface area contributed by atoms with Gasteiger partial charge in [0, 0.05) is 13.1 Å². The van der Waals surface area contributed by atoms with Crippen molar-refractivity contribution in [1.82, 2.24) is 10.2 Å². The first-order valence-electron chi connectivity index (χ1n) is 4.76. The highest BCUT2D eigenvalue weighted by molar-refractivity contribution is 4.77. The molecule has 80 valence electrons. The largest absolute Gasteiger partial charge is 0.388 e. The number of aliphatic hydroxyl groups is 1. The summed E-state index contributed by atoms with van der Waals surface area (Å²) in [5, 5.41) is 13.0. The van der Waals surface area contributed by atoms with E-state index < -0.39 is 5.60 Å². The summed E-state index contributed by atoms with van der Waals surface area (Å²) in [6.07, 6.45) is 0.956. The third kappa shape index (κ3) is 8.18. The van der Waals surface area contributed by atoms with Crippen molar-refractivity contribution in [2.45, 2.75) is 18.9 Å². The average molecular weight is 189 g/mol. The molecule has 1 unspecified atom stereocenters.